The van der Waals surface area contributed by atoms with E-state index in [4.69, 9.17) is 25.5 Å². The molecule has 0 aliphatic heterocycles. The molecule has 0 aliphatic carbocycles. The van der Waals surface area contributed by atoms with Crippen LogP contribution in [0.2, 0.25) is 0 Å². The Morgan fingerprint density at radius 2 is 2.14 bits per heavy atom. The van der Waals surface area contributed by atoms with Gasteiger partial charge in [0.1, 0.15) is 22.9 Å². The van der Waals surface area contributed by atoms with Gasteiger partial charge in [0, 0.05) is 5.39 Å². The molecule has 0 saturated carbocycles. The Kier molecular flexibility index (Phi) is 4.70. The first-order valence-corrected chi connectivity index (χ1v) is 6.77. The summed E-state index contributed by atoms with van der Waals surface area (Å²) in [4.78, 5) is 23.5. The molecule has 7 heteroatoms. The molecule has 0 saturated heterocycles. The lowest BCUT2D eigenvalue weighted by atomic mass is 10.2. The molecule has 0 fully saturated rings. The zero-order chi connectivity index (χ0) is 15.4. The van der Waals surface area contributed by atoms with Crippen molar-refractivity contribution in [1.29, 1.82) is 0 Å². The standard InChI is InChI=1S/C14H14ClNO5/c1-3-20-14(18)13-12(16-11(17)7-15)9-6-8(19-2)4-5-10(9)21-13/h4-6H,3,7H2,1-2H3,(H,16,17). The van der Waals surface area contributed by atoms with Gasteiger partial charge in [-0.25, -0.2) is 4.79 Å². The third kappa shape index (κ3) is 3.11. The molecule has 1 heterocycles. The summed E-state index contributed by atoms with van der Waals surface area (Å²) in [7, 11) is 1.52. The lowest BCUT2D eigenvalue weighted by Crippen LogP contribution is -2.15. The summed E-state index contributed by atoms with van der Waals surface area (Å²) in [6, 6.07) is 4.99. The van der Waals surface area contributed by atoms with Crippen LogP contribution >= 0.6 is 11.6 Å². The zero-order valence-electron chi connectivity index (χ0n) is 11.6. The lowest BCUT2D eigenvalue weighted by Gasteiger charge is -2.04. The summed E-state index contributed by atoms with van der Waals surface area (Å²) in [6.45, 7) is 1.88. The number of methoxy groups -OCH3 is 1. The SMILES string of the molecule is CCOC(=O)c1oc2ccc(OC)cc2c1NC(=O)CCl. The molecule has 0 spiro atoms. The molecule has 1 amide bonds. The van der Waals surface area contributed by atoms with Crippen LogP contribution in [0, 0.1) is 0 Å². The smallest absolute Gasteiger partial charge is 0.376 e. The molecular weight excluding hydrogens is 298 g/mol. The van der Waals surface area contributed by atoms with Crippen molar-refractivity contribution in [2.24, 2.45) is 0 Å². The largest absolute Gasteiger partial charge is 0.497 e. The van der Waals surface area contributed by atoms with Gasteiger partial charge in [-0.2, -0.15) is 0 Å². The fourth-order valence-corrected chi connectivity index (χ4v) is 1.91. The van der Waals surface area contributed by atoms with Crippen LogP contribution in [0.4, 0.5) is 5.69 Å². The summed E-state index contributed by atoms with van der Waals surface area (Å²) in [5.74, 6) is -0.845. The maximum absolute atomic E-state index is 11.9. The fourth-order valence-electron chi connectivity index (χ4n) is 1.84. The van der Waals surface area contributed by atoms with Gasteiger partial charge in [0.2, 0.25) is 11.7 Å². The Morgan fingerprint density at radius 1 is 1.38 bits per heavy atom. The van der Waals surface area contributed by atoms with Gasteiger partial charge in [0.15, 0.2) is 0 Å². The second-order valence-corrected chi connectivity index (χ2v) is 4.34. The molecule has 0 unspecified atom stereocenters. The van der Waals surface area contributed by atoms with E-state index >= 15 is 0 Å². The highest BCUT2D eigenvalue weighted by atomic mass is 35.5. The number of nitrogens with one attached hydrogen (secondary N) is 1. The van der Waals surface area contributed by atoms with E-state index in [1.54, 1.807) is 25.1 Å². The average Bonchev–Trinajstić information content (AvgIpc) is 2.85. The van der Waals surface area contributed by atoms with E-state index in [1.165, 1.54) is 7.11 Å². The minimum absolute atomic E-state index is 0.0708. The van der Waals surface area contributed by atoms with Crippen molar-refractivity contribution in [2.75, 3.05) is 24.9 Å². The third-order valence-corrected chi connectivity index (χ3v) is 2.98. The number of furan rings is 1. The molecule has 1 aromatic heterocycles. The number of hydrogen-bond donors (Lipinski definition) is 1. The van der Waals surface area contributed by atoms with E-state index in [0.717, 1.165) is 0 Å². The highest BCUT2D eigenvalue weighted by Gasteiger charge is 2.23. The molecule has 1 aromatic carbocycles. The molecule has 0 radical (unpaired) electrons. The second-order valence-electron chi connectivity index (χ2n) is 4.07. The number of fused-ring (bicyclic) bond motifs is 1. The third-order valence-electron chi connectivity index (χ3n) is 2.74. The number of halogens is 1. The second kappa shape index (κ2) is 6.49. The Hall–Kier alpha value is -2.21. The number of benzene rings is 1. The Bertz CT molecular complexity index is 679. The van der Waals surface area contributed by atoms with Crippen LogP contribution in [-0.4, -0.2) is 31.5 Å². The predicted molar refractivity (Wildman–Crippen MR) is 78.1 cm³/mol. The number of amides is 1. The summed E-state index contributed by atoms with van der Waals surface area (Å²) in [5.41, 5.74) is 0.664. The number of anilines is 1. The fraction of sp³-hybridized carbons (Fsp3) is 0.286. The van der Waals surface area contributed by atoms with Crippen molar-refractivity contribution >= 4 is 40.1 Å². The normalized spacial score (nSPS) is 10.4. The predicted octanol–water partition coefficient (Wildman–Crippen LogP) is 2.80. The van der Waals surface area contributed by atoms with E-state index in [9.17, 15) is 9.59 Å². The summed E-state index contributed by atoms with van der Waals surface area (Å²) < 4.78 is 15.5. The van der Waals surface area contributed by atoms with Gasteiger partial charge in [-0.3, -0.25) is 4.79 Å². The summed E-state index contributed by atoms with van der Waals surface area (Å²) >= 11 is 5.49. The van der Waals surface area contributed by atoms with Crippen molar-refractivity contribution in [3.8, 4) is 5.75 Å². The van der Waals surface area contributed by atoms with E-state index in [2.05, 4.69) is 5.32 Å². The first-order valence-electron chi connectivity index (χ1n) is 6.24. The van der Waals surface area contributed by atoms with Gasteiger partial charge in [0.05, 0.1) is 13.7 Å². The van der Waals surface area contributed by atoms with Gasteiger partial charge in [-0.15, -0.1) is 11.6 Å². The molecule has 2 rings (SSSR count). The number of esters is 1. The molecular formula is C14H14ClNO5. The number of alkyl halides is 1. The van der Waals surface area contributed by atoms with Gasteiger partial charge >= 0.3 is 5.97 Å². The topological polar surface area (TPSA) is 77.8 Å². The maximum Gasteiger partial charge on any atom is 0.376 e. The molecule has 2 aromatic rings. The van der Waals surface area contributed by atoms with E-state index < -0.39 is 11.9 Å². The van der Waals surface area contributed by atoms with Crippen molar-refractivity contribution in [2.45, 2.75) is 6.92 Å². The molecule has 1 N–H and O–H groups in total. The molecule has 0 atom stereocenters. The first-order chi connectivity index (χ1) is 10.1. The molecule has 112 valence electrons. The quantitative estimate of drug-likeness (QED) is 0.678. The van der Waals surface area contributed by atoms with Gasteiger partial charge < -0.3 is 19.2 Å². The summed E-state index contributed by atoms with van der Waals surface area (Å²) in [5, 5.41) is 3.09. The maximum atomic E-state index is 11.9. The number of carbonyl (C=O) groups is 2. The van der Waals surface area contributed by atoms with Gasteiger partial charge in [-0.05, 0) is 25.1 Å². The Balaban J connectivity index is 2.57. The molecule has 0 aliphatic rings. The summed E-state index contributed by atoms with van der Waals surface area (Å²) in [6.07, 6.45) is 0. The minimum atomic E-state index is -0.655. The molecule has 6 nitrogen and oxygen atoms in total. The number of ether oxygens (including phenoxy) is 2. The van der Waals surface area contributed by atoms with Crippen LogP contribution in [0.25, 0.3) is 11.0 Å². The zero-order valence-corrected chi connectivity index (χ0v) is 12.3. The first kappa shape index (κ1) is 15.2. The van der Waals surface area contributed by atoms with Crippen LogP contribution in [0.5, 0.6) is 5.75 Å². The van der Waals surface area contributed by atoms with E-state index in [0.29, 0.717) is 16.7 Å². The van der Waals surface area contributed by atoms with Crippen LogP contribution in [0.15, 0.2) is 22.6 Å². The minimum Gasteiger partial charge on any atom is -0.497 e. The van der Waals surface area contributed by atoms with Gasteiger partial charge in [0.25, 0.3) is 0 Å². The number of rotatable bonds is 5. The van der Waals surface area contributed by atoms with E-state index in [-0.39, 0.29) is 23.9 Å². The van der Waals surface area contributed by atoms with Crippen molar-refractivity contribution in [1.82, 2.24) is 0 Å². The Labute approximate surface area is 126 Å². The Morgan fingerprint density at radius 3 is 2.76 bits per heavy atom. The monoisotopic (exact) mass is 311 g/mol. The molecule has 21 heavy (non-hydrogen) atoms. The highest BCUT2D eigenvalue weighted by molar-refractivity contribution is 6.29. The van der Waals surface area contributed by atoms with E-state index in [1.807, 2.05) is 0 Å². The van der Waals surface area contributed by atoms with Crippen molar-refractivity contribution in [3.05, 3.63) is 24.0 Å². The molecule has 0 bridgehead atoms. The van der Waals surface area contributed by atoms with Crippen molar-refractivity contribution < 1.29 is 23.5 Å². The van der Waals surface area contributed by atoms with Crippen LogP contribution in [-0.2, 0) is 9.53 Å². The number of hydrogen-bond acceptors (Lipinski definition) is 5. The van der Waals surface area contributed by atoms with Gasteiger partial charge in [-0.1, -0.05) is 0 Å². The lowest BCUT2D eigenvalue weighted by molar-refractivity contribution is -0.113. The van der Waals surface area contributed by atoms with Crippen LogP contribution in [0.3, 0.4) is 0 Å². The van der Waals surface area contributed by atoms with Crippen LogP contribution < -0.4 is 10.1 Å². The average molecular weight is 312 g/mol. The van der Waals surface area contributed by atoms with Crippen molar-refractivity contribution in [3.63, 3.8) is 0 Å². The van der Waals surface area contributed by atoms with Crippen LogP contribution in [0.1, 0.15) is 17.5 Å². The highest BCUT2D eigenvalue weighted by Crippen LogP contribution is 2.34. The number of carbonyl (C=O) groups excluding carboxylic acids is 2.